The summed E-state index contributed by atoms with van der Waals surface area (Å²) >= 11 is 1.56. The van der Waals surface area contributed by atoms with Gasteiger partial charge in [-0.25, -0.2) is 9.97 Å². The molecule has 0 fully saturated rings. The largest absolute Gasteiger partial charge is 0.339 e. The van der Waals surface area contributed by atoms with Crippen LogP contribution in [0.2, 0.25) is 0 Å². The fourth-order valence-corrected chi connectivity index (χ4v) is 3.85. The third kappa shape index (κ3) is 2.32. The van der Waals surface area contributed by atoms with Crippen LogP contribution >= 0.6 is 11.3 Å². The molecule has 5 rings (SSSR count). The Morgan fingerprint density at radius 3 is 3.04 bits per heavy atom. The minimum absolute atomic E-state index is 0.728. The molecule has 3 heterocycles. The van der Waals surface area contributed by atoms with E-state index in [4.69, 9.17) is 5.41 Å². The Morgan fingerprint density at radius 1 is 1.20 bits per heavy atom. The Kier molecular flexibility index (Phi) is 3.14. The van der Waals surface area contributed by atoms with E-state index in [1.54, 1.807) is 29.9 Å². The summed E-state index contributed by atoms with van der Waals surface area (Å²) in [6.45, 7) is 0. The number of aromatic nitrogens is 4. The van der Waals surface area contributed by atoms with Crippen LogP contribution in [0.25, 0.3) is 16.3 Å². The van der Waals surface area contributed by atoms with Gasteiger partial charge in [0.05, 0.1) is 6.20 Å². The zero-order valence-electron chi connectivity index (χ0n) is 13.2. The maximum atomic E-state index is 7.99. The topological polar surface area (TPSA) is 79.0 Å². The van der Waals surface area contributed by atoms with Crippen LogP contribution in [0.4, 0.5) is 11.5 Å². The number of nitrogens with zero attached hydrogens (tertiary/aromatic N) is 4. The highest BCUT2D eigenvalue weighted by Crippen LogP contribution is 2.33. The molecule has 122 valence electrons. The summed E-state index contributed by atoms with van der Waals surface area (Å²) in [4.78, 5) is 13.3. The lowest BCUT2D eigenvalue weighted by molar-refractivity contribution is 1.09. The van der Waals surface area contributed by atoms with Crippen molar-refractivity contribution in [3.8, 4) is 10.7 Å². The molecule has 6 nitrogen and oxygen atoms in total. The maximum absolute atomic E-state index is 7.99. The molecule has 0 atom stereocenters. The summed E-state index contributed by atoms with van der Waals surface area (Å²) in [5.41, 5.74) is 5.60. The Morgan fingerprint density at radius 2 is 2.16 bits per heavy atom. The predicted molar refractivity (Wildman–Crippen MR) is 99.0 cm³/mol. The average molecular weight is 346 g/mol. The Balaban J connectivity index is 1.63. The summed E-state index contributed by atoms with van der Waals surface area (Å²) in [7, 11) is 0. The van der Waals surface area contributed by atoms with E-state index in [1.807, 2.05) is 28.1 Å². The molecule has 1 aliphatic carbocycles. The van der Waals surface area contributed by atoms with Gasteiger partial charge in [-0.15, -0.1) is 11.3 Å². The van der Waals surface area contributed by atoms with Gasteiger partial charge >= 0.3 is 0 Å². The highest BCUT2D eigenvalue weighted by molar-refractivity contribution is 7.13. The molecule has 0 saturated heterocycles. The van der Waals surface area contributed by atoms with Crippen LogP contribution in [0.5, 0.6) is 0 Å². The van der Waals surface area contributed by atoms with E-state index in [9.17, 15) is 0 Å². The number of thiazole rings is 1. The number of aryl methyl sites for hydroxylation is 1. The second-order valence-electron chi connectivity index (χ2n) is 5.93. The minimum atomic E-state index is 0.728. The maximum Gasteiger partial charge on any atom is 0.157 e. The van der Waals surface area contributed by atoms with Gasteiger partial charge in [0.1, 0.15) is 16.5 Å². The smallest absolute Gasteiger partial charge is 0.157 e. The molecule has 0 radical (unpaired) electrons. The van der Waals surface area contributed by atoms with Crippen molar-refractivity contribution >= 4 is 34.2 Å². The number of rotatable bonds is 3. The van der Waals surface area contributed by atoms with Crippen LogP contribution in [-0.2, 0) is 6.42 Å². The standard InChI is InChI=1S/C18H14N6S/c19-14-4-1-11-9-12(2-3-13(11)14)22-17-16(18-21-6-8-25-18)23-15-10-20-5-7-24(15)17/h2-3,5-10,19,22H,1,4H2. The van der Waals surface area contributed by atoms with E-state index in [2.05, 4.69) is 26.3 Å². The molecule has 2 N–H and O–H groups in total. The first-order chi connectivity index (χ1) is 12.3. The first-order valence-electron chi connectivity index (χ1n) is 7.99. The third-order valence-electron chi connectivity index (χ3n) is 4.40. The van der Waals surface area contributed by atoms with E-state index in [1.165, 1.54) is 5.56 Å². The number of nitrogens with one attached hydrogen (secondary N) is 2. The first-order valence-corrected chi connectivity index (χ1v) is 8.87. The van der Waals surface area contributed by atoms with Gasteiger partial charge in [-0.1, -0.05) is 6.07 Å². The zero-order chi connectivity index (χ0) is 16.8. The van der Waals surface area contributed by atoms with Gasteiger partial charge in [0.2, 0.25) is 0 Å². The summed E-state index contributed by atoms with van der Waals surface area (Å²) in [5, 5.41) is 14.3. The number of hydrogen-bond acceptors (Lipinski definition) is 6. The molecule has 1 aliphatic rings. The van der Waals surface area contributed by atoms with Crippen molar-refractivity contribution in [2.75, 3.05) is 5.32 Å². The van der Waals surface area contributed by atoms with Crippen molar-refractivity contribution in [2.45, 2.75) is 12.8 Å². The van der Waals surface area contributed by atoms with E-state index in [-0.39, 0.29) is 0 Å². The van der Waals surface area contributed by atoms with Crippen LogP contribution < -0.4 is 5.32 Å². The summed E-state index contributed by atoms with van der Waals surface area (Å²) in [6, 6.07) is 6.18. The van der Waals surface area contributed by atoms with Crippen LogP contribution in [-0.4, -0.2) is 25.1 Å². The summed E-state index contributed by atoms with van der Waals surface area (Å²) in [6.07, 6.45) is 8.92. The lowest BCUT2D eigenvalue weighted by Crippen LogP contribution is -1.98. The lowest BCUT2D eigenvalue weighted by Gasteiger charge is -2.09. The SMILES string of the molecule is N=C1CCc2cc(Nc3c(-c4nccs4)nc4cnccn34)ccc21. The van der Waals surface area contributed by atoms with Crippen LogP contribution in [0.15, 0.2) is 48.4 Å². The zero-order valence-corrected chi connectivity index (χ0v) is 14.0. The molecule has 0 unspecified atom stereocenters. The monoisotopic (exact) mass is 346 g/mol. The van der Waals surface area contributed by atoms with E-state index >= 15 is 0 Å². The predicted octanol–water partition coefficient (Wildman–Crippen LogP) is 3.91. The molecule has 25 heavy (non-hydrogen) atoms. The third-order valence-corrected chi connectivity index (χ3v) is 5.18. The number of imidazole rings is 1. The second kappa shape index (κ2) is 5.49. The van der Waals surface area contributed by atoms with Crippen molar-refractivity contribution < 1.29 is 0 Å². The van der Waals surface area contributed by atoms with Gasteiger partial charge < -0.3 is 10.7 Å². The second-order valence-corrected chi connectivity index (χ2v) is 6.82. The average Bonchev–Trinajstić information content (AvgIpc) is 3.35. The van der Waals surface area contributed by atoms with Crippen LogP contribution in [0, 0.1) is 5.41 Å². The Hall–Kier alpha value is -3.06. The van der Waals surface area contributed by atoms with Gasteiger partial charge in [0, 0.05) is 35.4 Å². The molecule has 1 aromatic carbocycles. The fourth-order valence-electron chi connectivity index (χ4n) is 3.22. The molecule has 3 aromatic heterocycles. The lowest BCUT2D eigenvalue weighted by atomic mass is 10.1. The number of anilines is 2. The highest BCUT2D eigenvalue weighted by atomic mass is 32.1. The van der Waals surface area contributed by atoms with E-state index in [0.717, 1.165) is 52.0 Å². The van der Waals surface area contributed by atoms with Gasteiger partial charge in [-0.3, -0.25) is 9.38 Å². The molecule has 0 saturated carbocycles. The van der Waals surface area contributed by atoms with Crippen molar-refractivity contribution in [3.63, 3.8) is 0 Å². The number of benzene rings is 1. The van der Waals surface area contributed by atoms with Crippen LogP contribution in [0.1, 0.15) is 17.5 Å². The summed E-state index contributed by atoms with van der Waals surface area (Å²) in [5.74, 6) is 0.875. The number of hydrogen-bond donors (Lipinski definition) is 2. The molecule has 7 heteroatoms. The number of fused-ring (bicyclic) bond motifs is 2. The molecule has 0 bridgehead atoms. The fraction of sp³-hybridized carbons (Fsp3) is 0.111. The highest BCUT2D eigenvalue weighted by Gasteiger charge is 2.19. The van der Waals surface area contributed by atoms with Gasteiger partial charge in [-0.05, 0) is 36.1 Å². The molecule has 0 amide bonds. The van der Waals surface area contributed by atoms with Crippen LogP contribution in [0.3, 0.4) is 0 Å². The normalized spacial score (nSPS) is 13.4. The van der Waals surface area contributed by atoms with Gasteiger partial charge in [0.25, 0.3) is 0 Å². The van der Waals surface area contributed by atoms with Crippen molar-refractivity contribution in [1.82, 2.24) is 19.4 Å². The quantitative estimate of drug-likeness (QED) is 0.589. The Labute approximate surface area is 147 Å². The minimum Gasteiger partial charge on any atom is -0.339 e. The Bertz CT molecular complexity index is 1100. The van der Waals surface area contributed by atoms with Crippen molar-refractivity contribution in [1.29, 1.82) is 5.41 Å². The van der Waals surface area contributed by atoms with Crippen molar-refractivity contribution in [2.24, 2.45) is 0 Å². The van der Waals surface area contributed by atoms with E-state index < -0.39 is 0 Å². The van der Waals surface area contributed by atoms with Crippen molar-refractivity contribution in [3.05, 3.63) is 59.5 Å². The molecule has 4 aromatic rings. The van der Waals surface area contributed by atoms with Gasteiger partial charge in [-0.2, -0.15) is 0 Å². The molecular weight excluding hydrogens is 332 g/mol. The molecule has 0 spiro atoms. The summed E-state index contributed by atoms with van der Waals surface area (Å²) < 4.78 is 1.99. The van der Waals surface area contributed by atoms with E-state index in [0.29, 0.717) is 0 Å². The molecular formula is C18H14N6S. The molecule has 0 aliphatic heterocycles. The first kappa shape index (κ1) is 14.3. The van der Waals surface area contributed by atoms with Gasteiger partial charge in [0.15, 0.2) is 5.65 Å².